The predicted molar refractivity (Wildman–Crippen MR) is 94.5 cm³/mol. The lowest BCUT2D eigenvalue weighted by atomic mass is 9.78. The lowest BCUT2D eigenvalue weighted by molar-refractivity contribution is 0.219. The summed E-state index contributed by atoms with van der Waals surface area (Å²) < 4.78 is 3.29. The monoisotopic (exact) mass is 357 g/mol. The number of halogens is 1. The van der Waals surface area contributed by atoms with Gasteiger partial charge in [-0.05, 0) is 53.1 Å². The lowest BCUT2D eigenvalue weighted by Crippen LogP contribution is -2.30. The van der Waals surface area contributed by atoms with Crippen LogP contribution in [0.15, 0.2) is 10.7 Å². The van der Waals surface area contributed by atoms with Crippen molar-refractivity contribution in [2.45, 2.75) is 73.4 Å². The normalized spacial score (nSPS) is 15.2. The fraction of sp³-hybridized carbons (Fsp3) is 0.824. The molecule has 2 atom stereocenters. The van der Waals surface area contributed by atoms with E-state index in [1.54, 1.807) is 0 Å². The summed E-state index contributed by atoms with van der Waals surface area (Å²) in [7, 11) is 0. The summed E-state index contributed by atoms with van der Waals surface area (Å²) >= 11 is 3.70. The van der Waals surface area contributed by atoms with Crippen LogP contribution in [-0.4, -0.2) is 16.3 Å². The van der Waals surface area contributed by atoms with E-state index in [4.69, 9.17) is 0 Å². The molecule has 0 saturated heterocycles. The lowest BCUT2D eigenvalue weighted by Gasteiger charge is -2.31. The fourth-order valence-electron chi connectivity index (χ4n) is 2.43. The van der Waals surface area contributed by atoms with Gasteiger partial charge in [-0.1, -0.05) is 41.5 Å². The molecule has 0 aromatic carbocycles. The highest BCUT2D eigenvalue weighted by molar-refractivity contribution is 9.10. The van der Waals surface area contributed by atoms with E-state index in [1.165, 1.54) is 5.69 Å². The molecule has 3 nitrogen and oxygen atoms in total. The molecule has 0 fully saturated rings. The van der Waals surface area contributed by atoms with Gasteiger partial charge in [0, 0.05) is 6.54 Å². The Bertz CT molecular complexity index is 420. The molecule has 0 spiro atoms. The van der Waals surface area contributed by atoms with Gasteiger partial charge in [0.25, 0.3) is 0 Å². The molecule has 1 N–H and O–H groups in total. The molecule has 2 unspecified atom stereocenters. The van der Waals surface area contributed by atoms with Crippen molar-refractivity contribution in [3.63, 3.8) is 0 Å². The van der Waals surface area contributed by atoms with Crippen molar-refractivity contribution < 1.29 is 0 Å². The highest BCUT2D eigenvalue weighted by Crippen LogP contribution is 2.35. The molecule has 0 aliphatic rings. The van der Waals surface area contributed by atoms with E-state index >= 15 is 0 Å². The smallest absolute Gasteiger partial charge is 0.0695 e. The molecule has 0 radical (unpaired) electrons. The van der Waals surface area contributed by atoms with Crippen LogP contribution in [0.5, 0.6) is 0 Å². The second-order valence-corrected chi connectivity index (χ2v) is 7.96. The van der Waals surface area contributed by atoms with Crippen LogP contribution in [-0.2, 0) is 6.54 Å². The number of nitrogens with zero attached hydrogens (tertiary/aromatic N) is 2. The van der Waals surface area contributed by atoms with Crippen LogP contribution in [0.2, 0.25) is 0 Å². The zero-order chi connectivity index (χ0) is 16.0. The van der Waals surface area contributed by atoms with Gasteiger partial charge in [0.1, 0.15) is 0 Å². The molecule has 0 aliphatic carbocycles. The minimum absolute atomic E-state index is 0.328. The van der Waals surface area contributed by atoms with Crippen molar-refractivity contribution in [2.24, 2.45) is 11.3 Å². The van der Waals surface area contributed by atoms with Gasteiger partial charge in [0.15, 0.2) is 0 Å². The Labute approximate surface area is 139 Å². The molecule has 122 valence electrons. The summed E-state index contributed by atoms with van der Waals surface area (Å²) in [6.07, 6.45) is 5.33. The minimum atomic E-state index is 0.328. The van der Waals surface area contributed by atoms with Gasteiger partial charge in [0.05, 0.1) is 22.4 Å². The van der Waals surface area contributed by atoms with Crippen molar-refractivity contribution in [2.75, 3.05) is 6.54 Å². The van der Waals surface area contributed by atoms with Crippen molar-refractivity contribution in [1.82, 2.24) is 15.1 Å². The summed E-state index contributed by atoms with van der Waals surface area (Å²) in [6.45, 7) is 15.8. The zero-order valence-corrected chi connectivity index (χ0v) is 16.1. The highest BCUT2D eigenvalue weighted by atomic mass is 79.9. The summed E-state index contributed by atoms with van der Waals surface area (Å²) in [5.41, 5.74) is 1.63. The summed E-state index contributed by atoms with van der Waals surface area (Å²) in [6, 6.07) is 0.364. The van der Waals surface area contributed by atoms with Gasteiger partial charge in [-0.15, -0.1) is 0 Å². The van der Waals surface area contributed by atoms with E-state index in [2.05, 4.69) is 72.6 Å². The van der Waals surface area contributed by atoms with Crippen molar-refractivity contribution in [3.05, 3.63) is 16.4 Å². The third kappa shape index (κ3) is 5.41. The minimum Gasteiger partial charge on any atom is -0.309 e. The van der Waals surface area contributed by atoms with Crippen LogP contribution in [0, 0.1) is 11.3 Å². The molecular formula is C17H32BrN3. The summed E-state index contributed by atoms with van der Waals surface area (Å²) in [4.78, 5) is 0. The van der Waals surface area contributed by atoms with Crippen LogP contribution in [0.25, 0.3) is 0 Å². The Morgan fingerprint density at radius 3 is 2.48 bits per heavy atom. The summed E-state index contributed by atoms with van der Waals surface area (Å²) in [5, 5.41) is 8.26. The van der Waals surface area contributed by atoms with Gasteiger partial charge < -0.3 is 5.32 Å². The number of aryl methyl sites for hydroxylation is 1. The van der Waals surface area contributed by atoms with Crippen molar-refractivity contribution in [1.29, 1.82) is 0 Å². The largest absolute Gasteiger partial charge is 0.309 e. The Balaban J connectivity index is 2.99. The number of nitrogens with one attached hydrogen (secondary N) is 1. The van der Waals surface area contributed by atoms with Gasteiger partial charge in [-0.3, -0.25) is 4.68 Å². The van der Waals surface area contributed by atoms with E-state index in [1.807, 2.05) is 6.20 Å². The van der Waals surface area contributed by atoms with E-state index in [0.717, 1.165) is 36.8 Å². The van der Waals surface area contributed by atoms with Gasteiger partial charge in [-0.2, -0.15) is 5.10 Å². The maximum Gasteiger partial charge on any atom is 0.0695 e. The van der Waals surface area contributed by atoms with Crippen molar-refractivity contribution >= 4 is 15.9 Å². The number of hydrogen-bond donors (Lipinski definition) is 1. The molecule has 1 aromatic rings. The molecule has 1 rings (SSSR count). The first-order valence-electron chi connectivity index (χ1n) is 8.25. The maximum absolute atomic E-state index is 4.53. The SMILES string of the molecule is CCCNC(CC(C)C(C)(C)C)c1c(Br)cnn1CCC. The summed E-state index contributed by atoms with van der Waals surface area (Å²) in [5.74, 6) is 0.642. The quantitative estimate of drug-likeness (QED) is 0.695. The first-order chi connectivity index (χ1) is 9.81. The van der Waals surface area contributed by atoms with Crippen LogP contribution in [0.4, 0.5) is 0 Å². The molecule has 0 saturated carbocycles. The number of aromatic nitrogens is 2. The second kappa shape index (κ2) is 8.33. The number of rotatable bonds is 8. The first kappa shape index (κ1) is 18.7. The van der Waals surface area contributed by atoms with Gasteiger partial charge in [0.2, 0.25) is 0 Å². The highest BCUT2D eigenvalue weighted by Gasteiger charge is 2.27. The maximum atomic E-state index is 4.53. The van der Waals surface area contributed by atoms with Gasteiger partial charge >= 0.3 is 0 Å². The zero-order valence-electron chi connectivity index (χ0n) is 14.5. The Morgan fingerprint density at radius 1 is 1.29 bits per heavy atom. The van der Waals surface area contributed by atoms with Gasteiger partial charge in [-0.25, -0.2) is 0 Å². The molecule has 0 aliphatic heterocycles. The Kier molecular flexibility index (Phi) is 7.41. The van der Waals surface area contributed by atoms with Crippen LogP contribution in [0.3, 0.4) is 0 Å². The average molecular weight is 358 g/mol. The molecule has 1 aromatic heterocycles. The first-order valence-corrected chi connectivity index (χ1v) is 9.05. The molecule has 4 heteroatoms. The third-order valence-corrected chi connectivity index (χ3v) is 4.92. The molecule has 1 heterocycles. The second-order valence-electron chi connectivity index (χ2n) is 7.11. The topological polar surface area (TPSA) is 29.9 Å². The Hall–Kier alpha value is -0.350. The predicted octanol–water partition coefficient (Wildman–Crippen LogP) is 5.17. The fourth-order valence-corrected chi connectivity index (χ4v) is 3.00. The van der Waals surface area contributed by atoms with E-state index in [-0.39, 0.29) is 0 Å². The van der Waals surface area contributed by atoms with Crippen LogP contribution < -0.4 is 5.32 Å². The van der Waals surface area contributed by atoms with Crippen molar-refractivity contribution in [3.8, 4) is 0 Å². The number of hydrogen-bond acceptors (Lipinski definition) is 2. The van der Waals surface area contributed by atoms with Crippen LogP contribution >= 0.6 is 15.9 Å². The Morgan fingerprint density at radius 2 is 1.95 bits per heavy atom. The molecule has 0 amide bonds. The van der Waals surface area contributed by atoms with E-state index in [9.17, 15) is 0 Å². The molecule has 21 heavy (non-hydrogen) atoms. The molecular weight excluding hydrogens is 326 g/mol. The molecule has 0 bridgehead atoms. The standard InChI is InChI=1S/C17H32BrN3/c1-7-9-19-15(11-13(3)17(4,5)6)16-14(18)12-20-21(16)10-8-2/h12-13,15,19H,7-11H2,1-6H3. The third-order valence-electron chi connectivity index (χ3n) is 4.31. The van der Waals surface area contributed by atoms with E-state index in [0.29, 0.717) is 17.4 Å². The average Bonchev–Trinajstić information content (AvgIpc) is 2.75. The van der Waals surface area contributed by atoms with Crippen LogP contribution in [0.1, 0.15) is 72.5 Å². The van der Waals surface area contributed by atoms with E-state index < -0.39 is 0 Å².